The van der Waals surface area contributed by atoms with E-state index < -0.39 is 5.54 Å². The van der Waals surface area contributed by atoms with Crippen LogP contribution in [0.4, 0.5) is 4.79 Å². The van der Waals surface area contributed by atoms with Crippen molar-refractivity contribution >= 4 is 11.9 Å². The zero-order chi connectivity index (χ0) is 18.2. The van der Waals surface area contributed by atoms with Gasteiger partial charge in [0.25, 0.3) is 5.91 Å². The first-order valence-electron chi connectivity index (χ1n) is 8.86. The fraction of sp³-hybridized carbons (Fsp3) is 0.579. The van der Waals surface area contributed by atoms with E-state index in [2.05, 4.69) is 18.7 Å². The summed E-state index contributed by atoms with van der Waals surface area (Å²) in [6.45, 7) is 6.33. The topological polar surface area (TPSA) is 53.1 Å². The minimum atomic E-state index is -0.672. The summed E-state index contributed by atoms with van der Waals surface area (Å²) in [6, 6.07) is 7.75. The van der Waals surface area contributed by atoms with E-state index in [1.165, 1.54) is 4.90 Å². The van der Waals surface area contributed by atoms with Crippen molar-refractivity contribution in [2.24, 2.45) is 0 Å². The third kappa shape index (κ3) is 2.99. The third-order valence-electron chi connectivity index (χ3n) is 5.66. The van der Waals surface area contributed by atoms with Gasteiger partial charge in [0.05, 0.1) is 13.7 Å². The molecule has 0 N–H and O–H groups in total. The number of urea groups is 1. The highest BCUT2D eigenvalue weighted by atomic mass is 16.5. The first-order chi connectivity index (χ1) is 11.9. The molecule has 136 valence electrons. The van der Waals surface area contributed by atoms with E-state index in [-0.39, 0.29) is 11.9 Å². The Balaban J connectivity index is 1.76. The standard InChI is InChI=1S/C19H27N3O3/c1-14(2)21-11-9-19(10-12-21)17(23)22(18(24)20(19)3)13-15-5-7-16(25-4)8-6-15/h5-8,14H,9-13H2,1-4H3. The molecule has 0 aliphatic carbocycles. The van der Waals surface area contributed by atoms with Gasteiger partial charge < -0.3 is 14.5 Å². The highest BCUT2D eigenvalue weighted by Gasteiger charge is 2.56. The van der Waals surface area contributed by atoms with Crippen LogP contribution in [0.15, 0.2) is 24.3 Å². The van der Waals surface area contributed by atoms with Gasteiger partial charge in [0.2, 0.25) is 0 Å². The summed E-state index contributed by atoms with van der Waals surface area (Å²) < 4.78 is 5.16. The van der Waals surface area contributed by atoms with Crippen LogP contribution in [0.25, 0.3) is 0 Å². The van der Waals surface area contributed by atoms with Gasteiger partial charge >= 0.3 is 6.03 Å². The van der Waals surface area contributed by atoms with E-state index in [9.17, 15) is 9.59 Å². The molecule has 25 heavy (non-hydrogen) atoms. The van der Waals surface area contributed by atoms with Gasteiger partial charge in [-0.25, -0.2) is 4.79 Å². The van der Waals surface area contributed by atoms with E-state index in [4.69, 9.17) is 4.74 Å². The quantitative estimate of drug-likeness (QED) is 0.786. The Morgan fingerprint density at radius 2 is 1.72 bits per heavy atom. The number of ether oxygens (including phenoxy) is 1. The Kier molecular flexibility index (Phi) is 4.73. The Morgan fingerprint density at radius 3 is 2.24 bits per heavy atom. The minimum absolute atomic E-state index is 0.0563. The summed E-state index contributed by atoms with van der Waals surface area (Å²) in [6.07, 6.45) is 1.40. The number of nitrogens with zero attached hydrogens (tertiary/aromatic N) is 3. The molecule has 1 spiro atoms. The molecule has 6 heteroatoms. The molecule has 0 aromatic heterocycles. The monoisotopic (exact) mass is 345 g/mol. The van der Waals surface area contributed by atoms with Crippen molar-refractivity contribution in [2.45, 2.75) is 44.8 Å². The van der Waals surface area contributed by atoms with Crippen molar-refractivity contribution < 1.29 is 14.3 Å². The summed E-state index contributed by atoms with van der Waals surface area (Å²) in [5.74, 6) is 0.705. The third-order valence-corrected chi connectivity index (χ3v) is 5.66. The van der Waals surface area contributed by atoms with E-state index in [0.717, 1.165) is 24.4 Å². The summed E-state index contributed by atoms with van der Waals surface area (Å²) in [5.41, 5.74) is 0.252. The van der Waals surface area contributed by atoms with Gasteiger partial charge in [0.1, 0.15) is 11.3 Å². The molecule has 0 radical (unpaired) electrons. The van der Waals surface area contributed by atoms with Crippen LogP contribution in [0.5, 0.6) is 5.75 Å². The van der Waals surface area contributed by atoms with Crippen molar-refractivity contribution in [1.29, 1.82) is 0 Å². The number of hydrogen-bond acceptors (Lipinski definition) is 4. The van der Waals surface area contributed by atoms with E-state index in [1.54, 1.807) is 19.1 Å². The molecule has 0 unspecified atom stereocenters. The Labute approximate surface area is 149 Å². The lowest BCUT2D eigenvalue weighted by atomic mass is 9.85. The lowest BCUT2D eigenvalue weighted by Crippen LogP contribution is -2.56. The summed E-state index contributed by atoms with van der Waals surface area (Å²) >= 11 is 0. The number of benzene rings is 1. The van der Waals surface area contributed by atoms with Gasteiger partial charge in [-0.2, -0.15) is 0 Å². The predicted octanol–water partition coefficient (Wildman–Crippen LogP) is 2.33. The normalized spacial score (nSPS) is 20.8. The molecule has 0 atom stereocenters. The summed E-state index contributed by atoms with van der Waals surface area (Å²) in [7, 11) is 3.38. The van der Waals surface area contributed by atoms with Crippen molar-refractivity contribution in [3.8, 4) is 5.75 Å². The van der Waals surface area contributed by atoms with Gasteiger partial charge in [0.15, 0.2) is 0 Å². The molecule has 2 aliphatic rings. The smallest absolute Gasteiger partial charge is 0.327 e. The fourth-order valence-electron chi connectivity index (χ4n) is 3.86. The molecule has 2 fully saturated rings. The molecule has 6 nitrogen and oxygen atoms in total. The minimum Gasteiger partial charge on any atom is -0.497 e. The average Bonchev–Trinajstić information content (AvgIpc) is 2.79. The van der Waals surface area contributed by atoms with E-state index in [0.29, 0.717) is 25.4 Å². The highest BCUT2D eigenvalue weighted by molar-refractivity contribution is 6.06. The number of hydrogen-bond donors (Lipinski definition) is 0. The van der Waals surface area contributed by atoms with Crippen molar-refractivity contribution in [2.75, 3.05) is 27.2 Å². The predicted molar refractivity (Wildman–Crippen MR) is 95.4 cm³/mol. The maximum Gasteiger partial charge on any atom is 0.327 e. The van der Waals surface area contributed by atoms with Crippen LogP contribution in [0, 0.1) is 0 Å². The molecule has 2 heterocycles. The molecule has 0 bridgehead atoms. The number of amides is 3. The first-order valence-corrected chi connectivity index (χ1v) is 8.86. The van der Waals surface area contributed by atoms with Crippen LogP contribution in [-0.2, 0) is 11.3 Å². The van der Waals surface area contributed by atoms with Gasteiger partial charge in [-0.15, -0.1) is 0 Å². The number of likely N-dealkylation sites (N-methyl/N-ethyl adjacent to an activating group) is 1. The number of rotatable bonds is 4. The van der Waals surface area contributed by atoms with Crippen molar-refractivity contribution in [3.05, 3.63) is 29.8 Å². The molecule has 1 aromatic rings. The van der Waals surface area contributed by atoms with Crippen molar-refractivity contribution in [3.63, 3.8) is 0 Å². The Morgan fingerprint density at radius 1 is 1.12 bits per heavy atom. The summed E-state index contributed by atoms with van der Waals surface area (Å²) in [5, 5.41) is 0. The first kappa shape index (κ1) is 17.7. The lowest BCUT2D eigenvalue weighted by Gasteiger charge is -2.42. The maximum absolute atomic E-state index is 13.1. The van der Waals surface area contributed by atoms with Gasteiger partial charge in [0, 0.05) is 26.2 Å². The molecule has 3 rings (SSSR count). The number of methoxy groups -OCH3 is 1. The largest absolute Gasteiger partial charge is 0.497 e. The number of carbonyl (C=O) groups is 2. The zero-order valence-corrected chi connectivity index (χ0v) is 15.5. The van der Waals surface area contributed by atoms with Crippen LogP contribution in [0.1, 0.15) is 32.3 Å². The molecule has 3 amide bonds. The van der Waals surface area contributed by atoms with Crippen LogP contribution in [0.3, 0.4) is 0 Å². The zero-order valence-electron chi connectivity index (χ0n) is 15.5. The van der Waals surface area contributed by atoms with Gasteiger partial charge in [-0.05, 0) is 44.4 Å². The summed E-state index contributed by atoms with van der Waals surface area (Å²) in [4.78, 5) is 31.3. The second-order valence-corrected chi connectivity index (χ2v) is 7.24. The Hall–Kier alpha value is -2.08. The maximum atomic E-state index is 13.1. The number of likely N-dealkylation sites (tertiary alicyclic amines) is 1. The molecule has 0 saturated carbocycles. The highest BCUT2D eigenvalue weighted by Crippen LogP contribution is 2.37. The van der Waals surface area contributed by atoms with Crippen molar-refractivity contribution in [1.82, 2.24) is 14.7 Å². The van der Waals surface area contributed by atoms with E-state index in [1.807, 2.05) is 24.3 Å². The van der Waals surface area contributed by atoms with E-state index >= 15 is 0 Å². The van der Waals surface area contributed by atoms with Gasteiger partial charge in [-0.1, -0.05) is 12.1 Å². The Bertz CT molecular complexity index is 648. The number of carbonyl (C=O) groups excluding carboxylic acids is 2. The molecular weight excluding hydrogens is 318 g/mol. The van der Waals surface area contributed by atoms with Crippen LogP contribution in [-0.4, -0.2) is 65.5 Å². The number of imide groups is 1. The SMILES string of the molecule is COc1ccc(CN2C(=O)N(C)C3(CCN(C(C)C)CC3)C2=O)cc1. The average molecular weight is 345 g/mol. The molecule has 1 aromatic carbocycles. The molecule has 2 saturated heterocycles. The molecule has 2 aliphatic heterocycles. The second kappa shape index (κ2) is 6.67. The van der Waals surface area contributed by atoms with Crippen LogP contribution < -0.4 is 4.74 Å². The fourth-order valence-corrected chi connectivity index (χ4v) is 3.86. The lowest BCUT2D eigenvalue weighted by molar-refractivity contribution is -0.135. The van der Waals surface area contributed by atoms with Gasteiger partial charge in [-0.3, -0.25) is 9.69 Å². The van der Waals surface area contributed by atoms with Crippen LogP contribution >= 0.6 is 0 Å². The molecular formula is C19H27N3O3. The van der Waals surface area contributed by atoms with Crippen LogP contribution in [0.2, 0.25) is 0 Å². The number of piperidine rings is 1. The second-order valence-electron chi connectivity index (χ2n) is 7.24.